The van der Waals surface area contributed by atoms with Gasteiger partial charge in [0.05, 0.1) is 11.2 Å². The minimum Gasteiger partial charge on any atom is -0.316 e. The zero-order valence-corrected chi connectivity index (χ0v) is 10.3. The van der Waals surface area contributed by atoms with Crippen molar-refractivity contribution in [3.8, 4) is 0 Å². The van der Waals surface area contributed by atoms with Crippen LogP contribution in [0.2, 0.25) is 0 Å². The first kappa shape index (κ1) is 11.0. The minimum atomic E-state index is 0.787. The maximum absolute atomic E-state index is 4.31. The minimum absolute atomic E-state index is 0.787. The van der Waals surface area contributed by atoms with E-state index in [9.17, 15) is 0 Å². The topological polar surface area (TPSA) is 28.2 Å². The molecular formula is C11H19N3S. The summed E-state index contributed by atoms with van der Waals surface area (Å²) < 4.78 is 0. The Balaban J connectivity index is 1.74. The molecule has 1 aromatic heterocycles. The molecule has 1 aromatic rings. The lowest BCUT2D eigenvalue weighted by molar-refractivity contribution is 0.181. The van der Waals surface area contributed by atoms with Gasteiger partial charge in [0.25, 0.3) is 0 Å². The molecule has 0 saturated carbocycles. The van der Waals surface area contributed by atoms with Gasteiger partial charge in [-0.05, 0) is 32.0 Å². The van der Waals surface area contributed by atoms with E-state index in [2.05, 4.69) is 34.6 Å². The van der Waals surface area contributed by atoms with Gasteiger partial charge in [-0.2, -0.15) is 0 Å². The van der Waals surface area contributed by atoms with Crippen LogP contribution in [0.5, 0.6) is 0 Å². The lowest BCUT2D eigenvalue weighted by Crippen LogP contribution is -2.47. The van der Waals surface area contributed by atoms with E-state index in [0.717, 1.165) is 18.4 Å². The molecule has 0 aliphatic carbocycles. The molecule has 3 nitrogen and oxygen atoms in total. The normalized spacial score (nSPS) is 19.1. The van der Waals surface area contributed by atoms with Gasteiger partial charge in [0, 0.05) is 18.5 Å². The molecule has 15 heavy (non-hydrogen) atoms. The zero-order valence-electron chi connectivity index (χ0n) is 9.44. The van der Waals surface area contributed by atoms with Crippen LogP contribution < -0.4 is 5.32 Å². The second-order valence-corrected chi connectivity index (χ2v) is 5.29. The Morgan fingerprint density at radius 2 is 2.47 bits per heavy atom. The highest BCUT2D eigenvalue weighted by atomic mass is 32.1. The van der Waals surface area contributed by atoms with Crippen molar-refractivity contribution in [3.05, 3.63) is 16.6 Å². The van der Waals surface area contributed by atoms with Gasteiger partial charge in [0.2, 0.25) is 0 Å². The summed E-state index contributed by atoms with van der Waals surface area (Å²) in [5.74, 6) is 1.66. The van der Waals surface area contributed by atoms with E-state index in [4.69, 9.17) is 0 Å². The highest BCUT2D eigenvalue weighted by Gasteiger charge is 2.24. The fourth-order valence-electron chi connectivity index (χ4n) is 2.01. The Morgan fingerprint density at radius 1 is 1.67 bits per heavy atom. The maximum Gasteiger partial charge on any atom is 0.0795 e. The predicted octanol–water partition coefficient (Wildman–Crippen LogP) is 1.43. The Morgan fingerprint density at radius 3 is 3.00 bits per heavy atom. The lowest BCUT2D eigenvalue weighted by Gasteiger charge is -2.34. The molecule has 0 bridgehead atoms. The third-order valence-corrected chi connectivity index (χ3v) is 3.77. The lowest BCUT2D eigenvalue weighted by atomic mass is 9.88. The number of rotatable bonds is 5. The summed E-state index contributed by atoms with van der Waals surface area (Å²) in [6.07, 6.45) is 0. The monoisotopic (exact) mass is 225 g/mol. The van der Waals surface area contributed by atoms with Crippen molar-refractivity contribution in [2.24, 2.45) is 11.8 Å². The molecular weight excluding hydrogens is 206 g/mol. The first-order valence-electron chi connectivity index (χ1n) is 5.52. The van der Waals surface area contributed by atoms with Crippen LogP contribution in [0.4, 0.5) is 0 Å². The van der Waals surface area contributed by atoms with Crippen molar-refractivity contribution in [1.82, 2.24) is 15.2 Å². The Hall–Kier alpha value is -0.450. The zero-order chi connectivity index (χ0) is 10.7. The van der Waals surface area contributed by atoms with Gasteiger partial charge in [-0.25, -0.2) is 4.98 Å². The third-order valence-electron chi connectivity index (χ3n) is 3.13. The van der Waals surface area contributed by atoms with Gasteiger partial charge >= 0.3 is 0 Å². The molecule has 0 amide bonds. The van der Waals surface area contributed by atoms with Crippen LogP contribution in [0.1, 0.15) is 12.6 Å². The van der Waals surface area contributed by atoms with Gasteiger partial charge in [0.1, 0.15) is 0 Å². The maximum atomic E-state index is 4.31. The van der Waals surface area contributed by atoms with Gasteiger partial charge in [-0.15, -0.1) is 11.3 Å². The Bertz CT molecular complexity index is 282. The van der Waals surface area contributed by atoms with E-state index in [1.165, 1.54) is 25.3 Å². The second kappa shape index (κ2) is 5.05. The first-order valence-corrected chi connectivity index (χ1v) is 6.46. The van der Waals surface area contributed by atoms with Crippen LogP contribution in [0.15, 0.2) is 10.9 Å². The molecule has 1 aliphatic rings. The highest BCUT2D eigenvalue weighted by Crippen LogP contribution is 2.17. The molecule has 0 aromatic carbocycles. The number of nitrogens with zero attached hydrogens (tertiary/aromatic N) is 2. The Labute approximate surface area is 95.5 Å². The standard InChI is InChI=1S/C11H19N3S/c1-9(10-3-12-4-10)5-14(2)6-11-7-15-8-13-11/h7-10,12H,3-6H2,1-2H3. The number of nitrogens with one attached hydrogen (secondary N) is 1. The van der Waals surface area contributed by atoms with Crippen molar-refractivity contribution in [1.29, 1.82) is 0 Å². The van der Waals surface area contributed by atoms with Crippen molar-refractivity contribution < 1.29 is 0 Å². The largest absolute Gasteiger partial charge is 0.316 e. The molecule has 1 saturated heterocycles. The summed E-state index contributed by atoms with van der Waals surface area (Å²) in [5.41, 5.74) is 3.10. The van der Waals surface area contributed by atoms with E-state index < -0.39 is 0 Å². The molecule has 1 atom stereocenters. The summed E-state index contributed by atoms with van der Waals surface area (Å²) in [6, 6.07) is 0. The molecule has 84 valence electrons. The van der Waals surface area contributed by atoms with Gasteiger partial charge in [-0.1, -0.05) is 6.92 Å². The summed E-state index contributed by atoms with van der Waals surface area (Å²) in [6.45, 7) is 6.90. The second-order valence-electron chi connectivity index (χ2n) is 4.57. The highest BCUT2D eigenvalue weighted by molar-refractivity contribution is 7.07. The fourth-order valence-corrected chi connectivity index (χ4v) is 2.56. The summed E-state index contributed by atoms with van der Waals surface area (Å²) in [5, 5.41) is 5.46. The van der Waals surface area contributed by atoms with Crippen molar-refractivity contribution >= 4 is 11.3 Å². The molecule has 2 rings (SSSR count). The number of hydrogen-bond donors (Lipinski definition) is 1. The van der Waals surface area contributed by atoms with E-state index in [1.54, 1.807) is 11.3 Å². The van der Waals surface area contributed by atoms with E-state index in [1.807, 2.05) is 5.51 Å². The first-order chi connectivity index (χ1) is 7.25. The van der Waals surface area contributed by atoms with Crippen LogP contribution in [0.3, 0.4) is 0 Å². The quantitative estimate of drug-likeness (QED) is 0.821. The smallest absolute Gasteiger partial charge is 0.0795 e. The number of aromatic nitrogens is 1. The van der Waals surface area contributed by atoms with Crippen LogP contribution >= 0.6 is 11.3 Å². The molecule has 0 spiro atoms. The average Bonchev–Trinajstić information content (AvgIpc) is 2.52. The molecule has 4 heteroatoms. The van der Waals surface area contributed by atoms with E-state index >= 15 is 0 Å². The molecule has 1 N–H and O–H groups in total. The van der Waals surface area contributed by atoms with Gasteiger partial charge in [0.15, 0.2) is 0 Å². The molecule has 1 aliphatic heterocycles. The SMILES string of the molecule is CC(CN(C)Cc1cscn1)C1CNC1. The van der Waals surface area contributed by atoms with E-state index in [0.29, 0.717) is 0 Å². The number of hydrogen-bond acceptors (Lipinski definition) is 4. The van der Waals surface area contributed by atoms with Crippen LogP contribution in [0.25, 0.3) is 0 Å². The summed E-state index contributed by atoms with van der Waals surface area (Å²) in [7, 11) is 2.18. The average molecular weight is 225 g/mol. The fraction of sp³-hybridized carbons (Fsp3) is 0.727. The van der Waals surface area contributed by atoms with Crippen LogP contribution in [-0.4, -0.2) is 36.6 Å². The number of thiazole rings is 1. The molecule has 2 heterocycles. The van der Waals surface area contributed by atoms with Crippen molar-refractivity contribution in [2.75, 3.05) is 26.7 Å². The Kier molecular flexibility index (Phi) is 3.72. The molecule has 1 fully saturated rings. The van der Waals surface area contributed by atoms with E-state index in [-0.39, 0.29) is 0 Å². The predicted molar refractivity (Wildman–Crippen MR) is 64.0 cm³/mol. The van der Waals surface area contributed by atoms with Crippen LogP contribution in [0, 0.1) is 11.8 Å². The van der Waals surface area contributed by atoms with Gasteiger partial charge in [-0.3, -0.25) is 0 Å². The van der Waals surface area contributed by atoms with Gasteiger partial charge < -0.3 is 10.2 Å². The van der Waals surface area contributed by atoms with Crippen LogP contribution in [-0.2, 0) is 6.54 Å². The summed E-state index contributed by atoms with van der Waals surface area (Å²) >= 11 is 1.67. The summed E-state index contributed by atoms with van der Waals surface area (Å²) in [4.78, 5) is 6.68. The van der Waals surface area contributed by atoms with Crippen molar-refractivity contribution in [3.63, 3.8) is 0 Å². The van der Waals surface area contributed by atoms with Crippen molar-refractivity contribution in [2.45, 2.75) is 13.5 Å². The molecule has 1 unspecified atom stereocenters. The third kappa shape index (κ3) is 3.00. The molecule has 0 radical (unpaired) electrons.